The quantitative estimate of drug-likeness (QED) is 0.105. The molecule has 3 aliphatic rings. The van der Waals surface area contributed by atoms with E-state index in [0.717, 1.165) is 6.42 Å². The number of esters is 1. The van der Waals surface area contributed by atoms with Crippen molar-refractivity contribution < 1.29 is 63.1 Å². The third kappa shape index (κ3) is 12.2. The smallest absolute Gasteiger partial charge is 0.311 e. The average Bonchev–Trinajstić information content (AvgIpc) is 3.24. The maximum Gasteiger partial charge on any atom is 0.311 e. The zero-order valence-electron chi connectivity index (χ0n) is 40.4. The van der Waals surface area contributed by atoms with E-state index in [2.05, 4.69) is 20.9 Å². The van der Waals surface area contributed by atoms with Gasteiger partial charge in [-0.05, 0) is 112 Å². The van der Waals surface area contributed by atoms with Crippen LogP contribution in [-0.4, -0.2) is 162 Å². The molecular weight excluding hydrogens is 817 g/mol. The molecule has 1 aromatic rings. The van der Waals surface area contributed by atoms with Crippen molar-refractivity contribution in [2.24, 2.45) is 17.8 Å². The van der Waals surface area contributed by atoms with Crippen molar-refractivity contribution in [1.29, 1.82) is 0 Å². The van der Waals surface area contributed by atoms with Crippen LogP contribution in [0.25, 0.3) is 0 Å². The van der Waals surface area contributed by atoms with Gasteiger partial charge in [0.15, 0.2) is 24.4 Å². The van der Waals surface area contributed by atoms with E-state index in [1.807, 2.05) is 41.7 Å². The second kappa shape index (κ2) is 22.5. The minimum absolute atomic E-state index is 0.0834. The molecule has 3 saturated heterocycles. The van der Waals surface area contributed by atoms with E-state index in [1.54, 1.807) is 60.1 Å². The lowest BCUT2D eigenvalue weighted by Crippen LogP contribution is -2.70. The highest BCUT2D eigenvalue weighted by Gasteiger charge is 2.58. The van der Waals surface area contributed by atoms with Gasteiger partial charge in [0.05, 0.1) is 49.1 Å². The molecule has 1 aromatic heterocycles. The molecule has 4 rings (SSSR count). The molecule has 3 fully saturated rings. The third-order valence-corrected chi connectivity index (χ3v) is 13.9. The number of hydrogen-bond acceptors (Lipinski definition) is 17. The minimum Gasteiger partial charge on any atom is -0.478 e. The highest BCUT2D eigenvalue weighted by molar-refractivity contribution is 5.73. The summed E-state index contributed by atoms with van der Waals surface area (Å²) in [6.45, 7) is 21.0. The molecule has 0 aliphatic carbocycles. The van der Waals surface area contributed by atoms with E-state index < -0.39 is 95.5 Å². The Kier molecular flexibility index (Phi) is 19.0. The summed E-state index contributed by atoms with van der Waals surface area (Å²) in [6, 6.07) is 2.61. The van der Waals surface area contributed by atoms with Crippen molar-refractivity contribution in [2.75, 3.05) is 40.9 Å². The molecule has 0 radical (unpaired) electrons. The van der Waals surface area contributed by atoms with Crippen molar-refractivity contribution in [3.05, 3.63) is 18.3 Å². The lowest BCUT2D eigenvalue weighted by atomic mass is 9.75. The molecular formula is C46H82N4O13. The first-order valence-electron chi connectivity index (χ1n) is 23.0. The standard InChI is InChI=1S/C46H82N4O13/c1-15-19-48-25-46(55)31(8)59-35(23-44(46,10)57-14)62-36-28(5)39(63-42-37(32(47-12)21-27(4)58-42)60-33-18-17-20-49-40(33)56-13)43(9,53)22-26(3)24-50-30(7)38(51)45(11,54)34(16-2)61-41(52)29(36)6/h17-18,20,26-32,34-39,42,47-48,50-51,53-55H,15-16,19,21-25H2,1-14H3/t26-,27-,28+,29-,30-,31+,32+,34-,35+,36+,37-,38-,39-,42+,43-,44-,45-,46+/m1/s1. The number of hydrogen-bond donors (Lipinski definition) is 7. The number of nitrogens with zero attached hydrogens (tertiary/aromatic N) is 1. The molecule has 364 valence electrons. The SMILES string of the molecule is CCCNC[C@]1(O)[C@H](C)O[C@@H](O[C@H]2[C@H](C)[C@@H](O[C@@H]3O[C@H](C)C[C@H](NC)[C@H]3Oc3cccnc3OC)[C@](C)(O)C[C@@H](C)CN[C@H](C)[C@@H](O)[C@](C)(O)[C@@H](CC)OC(=O)[C@@H]2C)C[C@@]1(C)OC. The number of aliphatic hydroxyl groups excluding tert-OH is 1. The van der Waals surface area contributed by atoms with Crippen molar-refractivity contribution in [1.82, 2.24) is 20.9 Å². The number of aliphatic hydroxyl groups is 4. The van der Waals surface area contributed by atoms with Gasteiger partial charge in [-0.2, -0.15) is 0 Å². The first-order valence-corrected chi connectivity index (χ1v) is 23.0. The predicted molar refractivity (Wildman–Crippen MR) is 236 cm³/mol. The number of aromatic nitrogens is 1. The fraction of sp³-hybridized carbons (Fsp3) is 0.870. The molecule has 4 heterocycles. The largest absolute Gasteiger partial charge is 0.478 e. The molecule has 17 heteroatoms. The van der Waals surface area contributed by atoms with E-state index >= 15 is 0 Å². The van der Waals surface area contributed by atoms with E-state index in [9.17, 15) is 25.2 Å². The summed E-state index contributed by atoms with van der Waals surface area (Å²) < 4.78 is 51.5. The maximum absolute atomic E-state index is 14.5. The molecule has 0 unspecified atom stereocenters. The maximum atomic E-state index is 14.5. The lowest BCUT2D eigenvalue weighted by molar-refractivity contribution is -0.335. The topological polar surface area (TPSA) is 221 Å². The zero-order valence-corrected chi connectivity index (χ0v) is 40.4. The van der Waals surface area contributed by atoms with Gasteiger partial charge in [0.25, 0.3) is 5.88 Å². The first kappa shape index (κ1) is 53.4. The van der Waals surface area contributed by atoms with Gasteiger partial charge in [0.2, 0.25) is 0 Å². The number of cyclic esters (lactones) is 1. The van der Waals surface area contributed by atoms with Gasteiger partial charge in [-0.25, -0.2) is 4.98 Å². The summed E-state index contributed by atoms with van der Waals surface area (Å²) >= 11 is 0. The number of methoxy groups -OCH3 is 2. The normalized spacial score (nSPS) is 43.6. The number of nitrogens with one attached hydrogen (secondary N) is 3. The Labute approximate surface area is 375 Å². The number of carbonyl (C=O) groups excluding carboxylic acids is 1. The van der Waals surface area contributed by atoms with Crippen LogP contribution in [0.3, 0.4) is 0 Å². The van der Waals surface area contributed by atoms with Crippen LogP contribution in [0.2, 0.25) is 0 Å². The summed E-state index contributed by atoms with van der Waals surface area (Å²) in [5.74, 6) is -2.07. The van der Waals surface area contributed by atoms with Crippen LogP contribution in [0, 0.1) is 17.8 Å². The van der Waals surface area contributed by atoms with Gasteiger partial charge in [-0.3, -0.25) is 4.79 Å². The van der Waals surface area contributed by atoms with Crippen LogP contribution >= 0.6 is 0 Å². The number of carbonyl (C=O) groups is 1. The highest BCUT2D eigenvalue weighted by Crippen LogP contribution is 2.43. The average molecular weight is 899 g/mol. The van der Waals surface area contributed by atoms with Gasteiger partial charge >= 0.3 is 5.97 Å². The Hall–Kier alpha value is -2.26. The van der Waals surface area contributed by atoms with E-state index in [0.29, 0.717) is 25.3 Å². The molecule has 63 heavy (non-hydrogen) atoms. The fourth-order valence-electron chi connectivity index (χ4n) is 9.89. The highest BCUT2D eigenvalue weighted by atomic mass is 16.7. The number of ether oxygens (including phenoxy) is 8. The zero-order chi connectivity index (χ0) is 47.1. The second-order valence-electron chi connectivity index (χ2n) is 19.2. The summed E-state index contributed by atoms with van der Waals surface area (Å²) in [5.41, 5.74) is -6.04. The Balaban J connectivity index is 1.86. The van der Waals surface area contributed by atoms with Crippen molar-refractivity contribution in [2.45, 2.75) is 198 Å². The van der Waals surface area contributed by atoms with Crippen LogP contribution in [0.5, 0.6) is 11.6 Å². The summed E-state index contributed by atoms with van der Waals surface area (Å²) in [5, 5.41) is 58.3. The Morgan fingerprint density at radius 2 is 1.68 bits per heavy atom. The number of rotatable bonds is 14. The van der Waals surface area contributed by atoms with Gasteiger partial charge in [-0.1, -0.05) is 27.7 Å². The van der Waals surface area contributed by atoms with Crippen LogP contribution < -0.4 is 25.4 Å². The Morgan fingerprint density at radius 1 is 0.984 bits per heavy atom. The molecule has 3 aliphatic heterocycles. The van der Waals surface area contributed by atoms with Crippen molar-refractivity contribution in [3.63, 3.8) is 0 Å². The molecule has 7 N–H and O–H groups in total. The molecule has 0 aromatic carbocycles. The van der Waals surface area contributed by atoms with Gasteiger partial charge in [0, 0.05) is 38.2 Å². The second-order valence-corrected chi connectivity index (χ2v) is 19.2. The van der Waals surface area contributed by atoms with Crippen LogP contribution in [0.4, 0.5) is 0 Å². The monoisotopic (exact) mass is 899 g/mol. The summed E-state index contributed by atoms with van der Waals surface area (Å²) in [7, 11) is 4.89. The van der Waals surface area contributed by atoms with Crippen molar-refractivity contribution in [3.8, 4) is 11.6 Å². The molecule has 17 nitrogen and oxygen atoms in total. The number of likely N-dealkylation sites (N-methyl/N-ethyl adjacent to an activating group) is 1. The van der Waals surface area contributed by atoms with Gasteiger partial charge in [-0.15, -0.1) is 0 Å². The van der Waals surface area contributed by atoms with Crippen LogP contribution in [0.1, 0.15) is 108 Å². The number of pyridine rings is 1. The minimum atomic E-state index is -1.83. The van der Waals surface area contributed by atoms with Crippen molar-refractivity contribution >= 4 is 5.97 Å². The van der Waals surface area contributed by atoms with Gasteiger partial charge < -0.3 is 74.3 Å². The Morgan fingerprint density at radius 3 is 2.30 bits per heavy atom. The van der Waals surface area contributed by atoms with Gasteiger partial charge in [0.1, 0.15) is 29.0 Å². The molecule has 0 saturated carbocycles. The van der Waals surface area contributed by atoms with E-state index in [4.69, 9.17) is 37.9 Å². The Bertz CT molecular complexity index is 1580. The van der Waals surface area contributed by atoms with Crippen LogP contribution in [-0.2, 0) is 33.2 Å². The summed E-state index contributed by atoms with van der Waals surface area (Å²) in [4.78, 5) is 18.9. The lowest BCUT2D eigenvalue weighted by Gasteiger charge is -2.53. The third-order valence-electron chi connectivity index (χ3n) is 13.9. The van der Waals surface area contributed by atoms with E-state index in [-0.39, 0.29) is 49.8 Å². The predicted octanol–water partition coefficient (Wildman–Crippen LogP) is 3.08. The fourth-order valence-corrected chi connectivity index (χ4v) is 9.89. The molecule has 0 bridgehead atoms. The molecule has 0 spiro atoms. The van der Waals surface area contributed by atoms with Crippen LogP contribution in [0.15, 0.2) is 18.3 Å². The van der Waals surface area contributed by atoms with E-state index in [1.165, 1.54) is 14.0 Å². The molecule has 0 amide bonds. The first-order chi connectivity index (χ1) is 29.5. The summed E-state index contributed by atoms with van der Waals surface area (Å²) in [6.07, 6.45) is -4.90. The molecule has 18 atom stereocenters.